The van der Waals surface area contributed by atoms with Crippen molar-refractivity contribution in [1.82, 2.24) is 4.57 Å². The van der Waals surface area contributed by atoms with Gasteiger partial charge in [0.25, 0.3) is 10.0 Å². The zero-order valence-corrected chi connectivity index (χ0v) is 13.3. The van der Waals surface area contributed by atoms with E-state index in [9.17, 15) is 8.42 Å². The van der Waals surface area contributed by atoms with Gasteiger partial charge in [-0.15, -0.1) is 0 Å². The van der Waals surface area contributed by atoms with E-state index in [1.165, 1.54) is 0 Å². The van der Waals surface area contributed by atoms with Gasteiger partial charge in [0.05, 0.1) is 0 Å². The van der Waals surface area contributed by atoms with Crippen molar-refractivity contribution in [2.75, 3.05) is 4.72 Å². The Morgan fingerprint density at radius 3 is 2.52 bits per heavy atom. The molecule has 0 saturated heterocycles. The van der Waals surface area contributed by atoms with Gasteiger partial charge in [0.1, 0.15) is 4.90 Å². The van der Waals surface area contributed by atoms with Crippen LogP contribution in [-0.4, -0.2) is 13.0 Å². The van der Waals surface area contributed by atoms with Crippen LogP contribution < -0.4 is 10.5 Å². The molecule has 0 fully saturated rings. The molecule has 1 aromatic heterocycles. The number of aromatic nitrogens is 1. The van der Waals surface area contributed by atoms with Gasteiger partial charge in [0.2, 0.25) is 0 Å². The number of anilines is 1. The van der Waals surface area contributed by atoms with Crippen LogP contribution in [-0.2, 0) is 23.1 Å². The smallest absolute Gasteiger partial charge is 0.263 e. The van der Waals surface area contributed by atoms with Crippen LogP contribution in [0.3, 0.4) is 0 Å². The Labute approximate surface area is 129 Å². The number of nitrogens with one attached hydrogen (secondary N) is 1. The summed E-state index contributed by atoms with van der Waals surface area (Å²) in [6, 6.07) is 8.10. The largest absolute Gasteiger partial charge is 0.349 e. The summed E-state index contributed by atoms with van der Waals surface area (Å²) in [6.45, 7) is 3.07. The van der Waals surface area contributed by atoms with Gasteiger partial charge >= 0.3 is 0 Å². The van der Waals surface area contributed by atoms with Crippen LogP contribution in [0.5, 0.6) is 0 Å². The summed E-state index contributed by atoms with van der Waals surface area (Å²) in [5.41, 5.74) is 6.92. The fraction of sp³-hybridized carbons (Fsp3) is 0.286. The van der Waals surface area contributed by atoms with E-state index in [0.29, 0.717) is 17.3 Å². The molecule has 0 aliphatic carbocycles. The van der Waals surface area contributed by atoms with Crippen molar-refractivity contribution >= 4 is 27.3 Å². The molecular weight excluding hydrogens is 310 g/mol. The topological polar surface area (TPSA) is 77.1 Å². The zero-order chi connectivity index (χ0) is 15.5. The van der Waals surface area contributed by atoms with Gasteiger partial charge < -0.3 is 10.3 Å². The van der Waals surface area contributed by atoms with Crippen LogP contribution in [0.4, 0.5) is 5.69 Å². The highest BCUT2D eigenvalue weighted by Gasteiger charge is 2.18. The molecule has 0 spiro atoms. The molecule has 3 N–H and O–H groups in total. The molecule has 0 bridgehead atoms. The summed E-state index contributed by atoms with van der Waals surface area (Å²) in [4.78, 5) is 0.214. The predicted octanol–water partition coefficient (Wildman–Crippen LogP) is 2.81. The van der Waals surface area contributed by atoms with Crippen LogP contribution in [0.25, 0.3) is 0 Å². The molecule has 5 nitrogen and oxygen atoms in total. The zero-order valence-electron chi connectivity index (χ0n) is 11.7. The highest BCUT2D eigenvalue weighted by Crippen LogP contribution is 2.20. The highest BCUT2D eigenvalue weighted by molar-refractivity contribution is 7.92. The summed E-state index contributed by atoms with van der Waals surface area (Å²) in [6.07, 6.45) is 2.52. The van der Waals surface area contributed by atoms with Crippen molar-refractivity contribution in [3.63, 3.8) is 0 Å². The lowest BCUT2D eigenvalue weighted by Crippen LogP contribution is -2.12. The normalized spacial score (nSPS) is 11.6. The van der Waals surface area contributed by atoms with Gasteiger partial charge in [-0.25, -0.2) is 8.42 Å². The van der Waals surface area contributed by atoms with Gasteiger partial charge in [0, 0.05) is 35.7 Å². The van der Waals surface area contributed by atoms with Crippen LogP contribution in [0.2, 0.25) is 5.02 Å². The van der Waals surface area contributed by atoms with Crippen molar-refractivity contribution in [2.45, 2.75) is 31.3 Å². The lowest BCUT2D eigenvalue weighted by atomic mass is 10.3. The van der Waals surface area contributed by atoms with Crippen molar-refractivity contribution < 1.29 is 8.42 Å². The quantitative estimate of drug-likeness (QED) is 0.856. The molecule has 1 heterocycles. The van der Waals surface area contributed by atoms with Crippen LogP contribution in [0.15, 0.2) is 41.4 Å². The Morgan fingerprint density at radius 2 is 1.95 bits per heavy atom. The van der Waals surface area contributed by atoms with E-state index in [1.54, 1.807) is 36.5 Å². The third-order valence-corrected chi connectivity index (χ3v) is 4.64. The fourth-order valence-corrected chi connectivity index (χ4v) is 3.27. The average molecular weight is 328 g/mol. The summed E-state index contributed by atoms with van der Waals surface area (Å²) in [5.74, 6) is 0. The first kappa shape index (κ1) is 15.9. The third kappa shape index (κ3) is 3.78. The van der Waals surface area contributed by atoms with Gasteiger partial charge in [-0.1, -0.05) is 18.5 Å². The second kappa shape index (κ2) is 6.51. The fourth-order valence-electron chi connectivity index (χ4n) is 2.03. The first-order chi connectivity index (χ1) is 9.96. The second-order valence-electron chi connectivity index (χ2n) is 4.68. The number of nitrogens with zero attached hydrogens (tertiary/aromatic N) is 1. The Hall–Kier alpha value is -1.50. The molecule has 21 heavy (non-hydrogen) atoms. The molecule has 0 unspecified atom stereocenters. The standard InChI is InChI=1S/C14H18ClN3O2S/c1-2-7-18-10-14(8-13(18)9-16)21(19,20)17-12-5-3-11(15)4-6-12/h3-6,8,10,17H,2,7,9,16H2,1H3. The van der Waals surface area contributed by atoms with Crippen LogP contribution in [0, 0.1) is 0 Å². The van der Waals surface area contributed by atoms with Crippen molar-refractivity contribution in [1.29, 1.82) is 0 Å². The molecule has 0 radical (unpaired) electrons. The van der Waals surface area contributed by atoms with Crippen LogP contribution >= 0.6 is 11.6 Å². The molecule has 1 aromatic carbocycles. The number of hydrogen-bond acceptors (Lipinski definition) is 3. The maximum atomic E-state index is 12.4. The van der Waals surface area contributed by atoms with E-state index < -0.39 is 10.0 Å². The number of halogens is 1. The molecule has 0 aliphatic heterocycles. The Balaban J connectivity index is 2.28. The van der Waals surface area contributed by atoms with E-state index in [0.717, 1.165) is 18.7 Å². The molecule has 7 heteroatoms. The summed E-state index contributed by atoms with van der Waals surface area (Å²) >= 11 is 5.78. The molecule has 0 saturated carbocycles. The van der Waals surface area contributed by atoms with Crippen molar-refractivity contribution in [3.05, 3.63) is 47.2 Å². The lowest BCUT2D eigenvalue weighted by Gasteiger charge is -2.06. The molecule has 0 aliphatic rings. The minimum Gasteiger partial charge on any atom is -0.349 e. The third-order valence-electron chi connectivity index (χ3n) is 3.04. The minimum atomic E-state index is -3.63. The van der Waals surface area contributed by atoms with Gasteiger partial charge in [-0.05, 0) is 36.8 Å². The molecule has 2 aromatic rings. The predicted molar refractivity (Wildman–Crippen MR) is 84.9 cm³/mol. The van der Waals surface area contributed by atoms with Gasteiger partial charge in [-0.3, -0.25) is 4.72 Å². The maximum absolute atomic E-state index is 12.4. The maximum Gasteiger partial charge on any atom is 0.263 e. The first-order valence-corrected chi connectivity index (χ1v) is 8.50. The summed E-state index contributed by atoms with van der Waals surface area (Å²) in [7, 11) is -3.63. The molecule has 0 amide bonds. The molecule has 0 atom stereocenters. The van der Waals surface area contributed by atoms with E-state index in [2.05, 4.69) is 4.72 Å². The monoisotopic (exact) mass is 327 g/mol. The minimum absolute atomic E-state index is 0.214. The average Bonchev–Trinajstić information content (AvgIpc) is 2.86. The number of hydrogen-bond donors (Lipinski definition) is 2. The Morgan fingerprint density at radius 1 is 1.29 bits per heavy atom. The lowest BCUT2D eigenvalue weighted by molar-refractivity contribution is 0.600. The van der Waals surface area contributed by atoms with Crippen LogP contribution in [0.1, 0.15) is 19.0 Å². The Kier molecular flexibility index (Phi) is 4.92. The van der Waals surface area contributed by atoms with Crippen molar-refractivity contribution in [2.24, 2.45) is 5.73 Å². The first-order valence-electron chi connectivity index (χ1n) is 6.63. The van der Waals surface area contributed by atoms with E-state index >= 15 is 0 Å². The number of sulfonamides is 1. The Bertz CT molecular complexity index is 708. The molecule has 2 rings (SSSR count). The van der Waals surface area contributed by atoms with Gasteiger partial charge in [-0.2, -0.15) is 0 Å². The summed E-state index contributed by atoms with van der Waals surface area (Å²) < 4.78 is 29.1. The van der Waals surface area contributed by atoms with E-state index in [-0.39, 0.29) is 4.90 Å². The SMILES string of the molecule is CCCn1cc(S(=O)(=O)Nc2ccc(Cl)cc2)cc1CN. The number of aryl methyl sites for hydroxylation is 1. The number of nitrogens with two attached hydrogens (primary N) is 1. The number of rotatable bonds is 6. The summed E-state index contributed by atoms with van der Waals surface area (Å²) in [5, 5.41) is 0.553. The van der Waals surface area contributed by atoms with E-state index in [1.807, 2.05) is 11.5 Å². The number of benzene rings is 1. The molecular formula is C14H18ClN3O2S. The highest BCUT2D eigenvalue weighted by atomic mass is 35.5. The van der Waals surface area contributed by atoms with Gasteiger partial charge in [0.15, 0.2) is 0 Å². The van der Waals surface area contributed by atoms with Crippen molar-refractivity contribution in [3.8, 4) is 0 Å². The van der Waals surface area contributed by atoms with E-state index in [4.69, 9.17) is 17.3 Å². The molecule has 114 valence electrons. The second-order valence-corrected chi connectivity index (χ2v) is 6.80.